The molecule has 0 fully saturated rings. The summed E-state index contributed by atoms with van der Waals surface area (Å²) in [4.78, 5) is 17.4. The van der Waals surface area contributed by atoms with Crippen LogP contribution in [0.2, 0.25) is 0 Å². The third kappa shape index (κ3) is 4.71. The standard InChI is InChI=1S/C8H9Br2O3P/c9-7-3-6(4-8(10)5-7)1-2-14(11,12)13/h3-5H,1-2H2,(H2,11,12,13). The van der Waals surface area contributed by atoms with Crippen molar-refractivity contribution >= 4 is 39.5 Å². The number of benzene rings is 1. The molecule has 0 spiro atoms. The highest BCUT2D eigenvalue weighted by Crippen LogP contribution is 2.35. The summed E-state index contributed by atoms with van der Waals surface area (Å²) in [5.74, 6) is 0. The zero-order chi connectivity index (χ0) is 10.8. The fourth-order valence-corrected chi connectivity index (χ4v) is 2.97. The summed E-state index contributed by atoms with van der Waals surface area (Å²) in [6.45, 7) is 0. The van der Waals surface area contributed by atoms with E-state index >= 15 is 0 Å². The van der Waals surface area contributed by atoms with E-state index in [0.717, 1.165) is 14.5 Å². The highest BCUT2D eigenvalue weighted by atomic mass is 79.9. The second-order valence-electron chi connectivity index (χ2n) is 2.92. The van der Waals surface area contributed by atoms with Crippen LogP contribution in [0.15, 0.2) is 27.1 Å². The molecule has 1 rings (SSSR count). The second kappa shape index (κ2) is 4.90. The largest absolute Gasteiger partial charge is 0.325 e. The molecule has 78 valence electrons. The molecule has 0 atom stereocenters. The monoisotopic (exact) mass is 342 g/mol. The minimum Gasteiger partial charge on any atom is -0.324 e. The Bertz CT molecular complexity index is 355. The Morgan fingerprint density at radius 3 is 2.07 bits per heavy atom. The van der Waals surface area contributed by atoms with Crippen molar-refractivity contribution in [3.05, 3.63) is 32.7 Å². The Hall–Kier alpha value is 0.330. The maximum absolute atomic E-state index is 10.6. The number of hydrogen-bond donors (Lipinski definition) is 2. The zero-order valence-electron chi connectivity index (χ0n) is 7.15. The summed E-state index contributed by atoms with van der Waals surface area (Å²) in [7, 11) is -3.89. The van der Waals surface area contributed by atoms with Gasteiger partial charge in [0.05, 0.1) is 6.16 Å². The minimum atomic E-state index is -3.89. The number of halogens is 2. The van der Waals surface area contributed by atoms with Crippen LogP contribution >= 0.6 is 39.5 Å². The SMILES string of the molecule is O=P(O)(O)CCc1cc(Br)cc(Br)c1. The molecule has 1 aromatic carbocycles. The number of rotatable bonds is 3. The molecule has 0 radical (unpaired) electrons. The van der Waals surface area contributed by atoms with Crippen LogP contribution in [0.5, 0.6) is 0 Å². The lowest BCUT2D eigenvalue weighted by Crippen LogP contribution is -1.93. The van der Waals surface area contributed by atoms with Crippen molar-refractivity contribution < 1.29 is 14.4 Å². The Morgan fingerprint density at radius 1 is 1.14 bits per heavy atom. The van der Waals surface area contributed by atoms with Crippen molar-refractivity contribution in [3.63, 3.8) is 0 Å². The van der Waals surface area contributed by atoms with E-state index in [0.29, 0.717) is 6.42 Å². The molecular weight excluding hydrogens is 335 g/mol. The van der Waals surface area contributed by atoms with Gasteiger partial charge in [-0.05, 0) is 30.2 Å². The van der Waals surface area contributed by atoms with Crippen LogP contribution in [0.25, 0.3) is 0 Å². The van der Waals surface area contributed by atoms with Gasteiger partial charge < -0.3 is 9.79 Å². The maximum Gasteiger partial charge on any atom is 0.325 e. The average Bonchev–Trinajstić information content (AvgIpc) is 1.97. The molecule has 0 unspecified atom stereocenters. The van der Waals surface area contributed by atoms with Crippen LogP contribution < -0.4 is 0 Å². The first-order valence-electron chi connectivity index (χ1n) is 3.86. The zero-order valence-corrected chi connectivity index (χ0v) is 11.2. The summed E-state index contributed by atoms with van der Waals surface area (Å²) in [6.07, 6.45) is 0.262. The van der Waals surface area contributed by atoms with E-state index in [1.54, 1.807) is 0 Å². The fourth-order valence-electron chi connectivity index (χ4n) is 1.03. The smallest absolute Gasteiger partial charge is 0.324 e. The average molecular weight is 344 g/mol. The van der Waals surface area contributed by atoms with Gasteiger partial charge >= 0.3 is 7.60 Å². The molecule has 6 heteroatoms. The van der Waals surface area contributed by atoms with Gasteiger partial charge in [0, 0.05) is 8.95 Å². The molecule has 0 saturated carbocycles. The van der Waals surface area contributed by atoms with Gasteiger partial charge in [-0.3, -0.25) is 4.57 Å². The second-order valence-corrected chi connectivity index (χ2v) is 6.52. The van der Waals surface area contributed by atoms with Crippen molar-refractivity contribution in [1.29, 1.82) is 0 Å². The van der Waals surface area contributed by atoms with Crippen LogP contribution in [-0.2, 0) is 11.0 Å². The van der Waals surface area contributed by atoms with Crippen LogP contribution in [-0.4, -0.2) is 15.9 Å². The van der Waals surface area contributed by atoms with Crippen LogP contribution in [0.1, 0.15) is 5.56 Å². The van der Waals surface area contributed by atoms with Gasteiger partial charge in [0.25, 0.3) is 0 Å². The highest BCUT2D eigenvalue weighted by Gasteiger charge is 2.12. The lowest BCUT2D eigenvalue weighted by Gasteiger charge is -2.05. The van der Waals surface area contributed by atoms with Gasteiger partial charge in [-0.15, -0.1) is 0 Å². The van der Waals surface area contributed by atoms with Crippen molar-refractivity contribution in [2.45, 2.75) is 6.42 Å². The number of aryl methyl sites for hydroxylation is 1. The summed E-state index contributed by atoms with van der Waals surface area (Å²) in [5, 5.41) is 0. The molecule has 0 bridgehead atoms. The first-order valence-corrected chi connectivity index (χ1v) is 7.25. The lowest BCUT2D eigenvalue weighted by atomic mass is 10.2. The molecule has 1 aromatic rings. The van der Waals surface area contributed by atoms with Gasteiger partial charge in [0.1, 0.15) is 0 Å². The van der Waals surface area contributed by atoms with E-state index in [4.69, 9.17) is 9.79 Å². The molecule has 0 aliphatic carbocycles. The minimum absolute atomic E-state index is 0.115. The first-order chi connectivity index (χ1) is 6.37. The third-order valence-corrected chi connectivity index (χ3v) is 3.34. The predicted molar refractivity (Wildman–Crippen MR) is 62.5 cm³/mol. The molecule has 0 saturated heterocycles. The molecule has 0 amide bonds. The van der Waals surface area contributed by atoms with E-state index < -0.39 is 7.60 Å². The van der Waals surface area contributed by atoms with Gasteiger partial charge in [-0.1, -0.05) is 31.9 Å². The Balaban J connectivity index is 2.73. The lowest BCUT2D eigenvalue weighted by molar-refractivity contribution is 0.373. The van der Waals surface area contributed by atoms with Crippen LogP contribution in [0.4, 0.5) is 0 Å². The summed E-state index contributed by atoms with van der Waals surface area (Å²) in [6, 6.07) is 5.57. The van der Waals surface area contributed by atoms with E-state index in [9.17, 15) is 4.57 Å². The molecule has 14 heavy (non-hydrogen) atoms. The van der Waals surface area contributed by atoms with Crippen molar-refractivity contribution in [2.75, 3.05) is 6.16 Å². The summed E-state index contributed by atoms with van der Waals surface area (Å²) >= 11 is 6.62. The first kappa shape index (κ1) is 12.4. The molecule has 0 aliphatic rings. The molecule has 0 aliphatic heterocycles. The normalized spacial score (nSPS) is 11.7. The predicted octanol–water partition coefficient (Wildman–Crippen LogP) is 2.93. The van der Waals surface area contributed by atoms with E-state index in [2.05, 4.69) is 31.9 Å². The third-order valence-electron chi connectivity index (χ3n) is 1.61. The van der Waals surface area contributed by atoms with E-state index in [1.165, 1.54) is 0 Å². The Morgan fingerprint density at radius 2 is 1.64 bits per heavy atom. The molecule has 0 heterocycles. The maximum atomic E-state index is 10.6. The number of hydrogen-bond acceptors (Lipinski definition) is 1. The van der Waals surface area contributed by atoms with Crippen molar-refractivity contribution in [2.24, 2.45) is 0 Å². The highest BCUT2D eigenvalue weighted by molar-refractivity contribution is 9.11. The quantitative estimate of drug-likeness (QED) is 0.830. The molecule has 3 nitrogen and oxygen atoms in total. The van der Waals surface area contributed by atoms with Crippen molar-refractivity contribution in [1.82, 2.24) is 0 Å². The summed E-state index contributed by atoms with van der Waals surface area (Å²) < 4.78 is 12.4. The van der Waals surface area contributed by atoms with Gasteiger partial charge in [-0.25, -0.2) is 0 Å². The topological polar surface area (TPSA) is 57.5 Å². The van der Waals surface area contributed by atoms with Gasteiger partial charge in [0.2, 0.25) is 0 Å². The molecule has 0 aromatic heterocycles. The van der Waals surface area contributed by atoms with E-state index in [-0.39, 0.29) is 6.16 Å². The summed E-state index contributed by atoms with van der Waals surface area (Å²) in [5.41, 5.74) is 0.898. The fraction of sp³-hybridized carbons (Fsp3) is 0.250. The van der Waals surface area contributed by atoms with Crippen LogP contribution in [0, 0.1) is 0 Å². The molecule has 2 N–H and O–H groups in total. The van der Waals surface area contributed by atoms with Crippen molar-refractivity contribution in [3.8, 4) is 0 Å². The van der Waals surface area contributed by atoms with Crippen LogP contribution in [0.3, 0.4) is 0 Å². The van der Waals surface area contributed by atoms with Gasteiger partial charge in [-0.2, -0.15) is 0 Å². The Kier molecular flexibility index (Phi) is 4.34. The molecular formula is C8H9Br2O3P. The van der Waals surface area contributed by atoms with Gasteiger partial charge in [0.15, 0.2) is 0 Å². The Labute approximate surface area is 98.9 Å². The van der Waals surface area contributed by atoms with E-state index in [1.807, 2.05) is 18.2 Å².